The third kappa shape index (κ3) is 4.99. The molecule has 1 aromatic carbocycles. The van der Waals surface area contributed by atoms with E-state index in [1.165, 1.54) is 9.58 Å². The molecule has 1 unspecified atom stereocenters. The second-order valence-electron chi connectivity index (χ2n) is 5.75. The molecule has 26 heavy (non-hydrogen) atoms. The van der Waals surface area contributed by atoms with Gasteiger partial charge in [-0.1, -0.05) is 23.2 Å². The minimum atomic E-state index is -0.930. The lowest BCUT2D eigenvalue weighted by Crippen LogP contribution is -2.41. The predicted octanol–water partition coefficient (Wildman–Crippen LogP) is 3.65. The van der Waals surface area contributed by atoms with Crippen molar-refractivity contribution in [2.45, 2.75) is 33.4 Å². The van der Waals surface area contributed by atoms with E-state index >= 15 is 0 Å². The zero-order chi connectivity index (χ0) is 19.3. The Morgan fingerprint density at radius 2 is 1.88 bits per heavy atom. The molecule has 0 saturated heterocycles. The molecule has 0 bridgehead atoms. The van der Waals surface area contributed by atoms with Crippen molar-refractivity contribution in [1.82, 2.24) is 14.7 Å². The van der Waals surface area contributed by atoms with E-state index in [0.717, 1.165) is 5.56 Å². The summed E-state index contributed by atoms with van der Waals surface area (Å²) in [5.41, 5.74) is 1.46. The molecule has 0 spiro atoms. The Balaban J connectivity index is 2.37. The first-order chi connectivity index (χ1) is 12.3. The zero-order valence-electron chi connectivity index (χ0n) is 14.9. The Morgan fingerprint density at radius 1 is 1.23 bits per heavy atom. The largest absolute Gasteiger partial charge is 0.464 e. The second kappa shape index (κ2) is 9.05. The average molecular weight is 398 g/mol. The van der Waals surface area contributed by atoms with E-state index in [9.17, 15) is 9.59 Å². The smallest absolute Gasteiger partial charge is 0.333 e. The number of carbonyl (C=O) groups excluding carboxylic acids is 2. The minimum absolute atomic E-state index is 0.0197. The Morgan fingerprint density at radius 3 is 2.38 bits per heavy atom. The first kappa shape index (κ1) is 20.3. The van der Waals surface area contributed by atoms with Crippen LogP contribution in [0.3, 0.4) is 0 Å². The number of amides is 1. The molecule has 0 saturated carbocycles. The lowest BCUT2D eigenvalue weighted by molar-refractivity contribution is -0.155. The molecule has 140 valence electrons. The van der Waals surface area contributed by atoms with Gasteiger partial charge in [-0.15, -0.1) is 0 Å². The summed E-state index contributed by atoms with van der Waals surface area (Å²) in [5, 5.41) is 4.89. The summed E-state index contributed by atoms with van der Waals surface area (Å²) in [6.07, 6.45) is 3.44. The maximum atomic E-state index is 12.8. The highest BCUT2D eigenvalue weighted by Crippen LogP contribution is 2.28. The minimum Gasteiger partial charge on any atom is -0.464 e. The summed E-state index contributed by atoms with van der Waals surface area (Å²) >= 11 is 12.2. The molecular weight excluding hydrogens is 377 g/mol. The summed E-state index contributed by atoms with van der Waals surface area (Å²) in [6, 6.07) is 3.87. The van der Waals surface area contributed by atoms with Crippen molar-refractivity contribution in [2.24, 2.45) is 0 Å². The highest BCUT2D eigenvalue weighted by Gasteiger charge is 2.32. The van der Waals surface area contributed by atoms with Crippen molar-refractivity contribution < 1.29 is 14.3 Å². The molecule has 0 aliphatic carbocycles. The van der Waals surface area contributed by atoms with Crippen LogP contribution in [-0.2, 0) is 20.9 Å². The lowest BCUT2D eigenvalue weighted by atomic mass is 10.0. The highest BCUT2D eigenvalue weighted by molar-refractivity contribution is 6.34. The predicted molar refractivity (Wildman–Crippen MR) is 100 cm³/mol. The number of aryl methyl sites for hydroxylation is 1. The number of rotatable bonds is 7. The third-order valence-corrected chi connectivity index (χ3v) is 4.18. The van der Waals surface area contributed by atoms with Crippen LogP contribution in [0, 0.1) is 6.92 Å². The van der Waals surface area contributed by atoms with Crippen molar-refractivity contribution >= 4 is 35.1 Å². The number of aromatic nitrogens is 2. The van der Waals surface area contributed by atoms with Gasteiger partial charge in [0.05, 0.1) is 12.8 Å². The van der Waals surface area contributed by atoms with Crippen LogP contribution in [0.25, 0.3) is 0 Å². The third-order valence-electron chi connectivity index (χ3n) is 3.74. The topological polar surface area (TPSA) is 64.4 Å². The van der Waals surface area contributed by atoms with Crippen LogP contribution in [0.4, 0.5) is 0 Å². The zero-order valence-corrected chi connectivity index (χ0v) is 16.4. The molecular formula is C18H21Cl2N3O3. The van der Waals surface area contributed by atoms with E-state index < -0.39 is 12.0 Å². The second-order valence-corrected chi connectivity index (χ2v) is 6.63. The summed E-state index contributed by atoms with van der Waals surface area (Å²) in [4.78, 5) is 26.9. The summed E-state index contributed by atoms with van der Waals surface area (Å²) in [5.74, 6) is -0.789. The van der Waals surface area contributed by atoms with Crippen molar-refractivity contribution in [3.8, 4) is 0 Å². The standard InChI is InChI=1S/C18H21Cl2N3O3/c1-4-23(16(24)11-22-10-12(3)9-21-22)17(18(25)26-5-2)13-6-14(19)8-15(20)7-13/h6-10,17H,4-5,11H2,1-3H3. The quantitative estimate of drug-likeness (QED) is 0.668. The molecule has 0 N–H and O–H groups in total. The molecule has 2 aromatic rings. The number of likely N-dealkylation sites (N-methyl/N-ethyl adjacent to an activating group) is 1. The van der Waals surface area contributed by atoms with Crippen LogP contribution in [0.15, 0.2) is 30.6 Å². The molecule has 0 fully saturated rings. The van der Waals surface area contributed by atoms with E-state index in [0.29, 0.717) is 22.2 Å². The van der Waals surface area contributed by atoms with Gasteiger partial charge >= 0.3 is 5.97 Å². The van der Waals surface area contributed by atoms with E-state index in [1.807, 2.05) is 6.92 Å². The van der Waals surface area contributed by atoms with Gasteiger partial charge in [-0.2, -0.15) is 5.10 Å². The number of carbonyl (C=O) groups is 2. The van der Waals surface area contributed by atoms with Gasteiger partial charge in [0.15, 0.2) is 6.04 Å². The molecule has 0 aliphatic rings. The number of hydrogen-bond acceptors (Lipinski definition) is 4. The normalized spacial score (nSPS) is 11.9. The van der Waals surface area contributed by atoms with Gasteiger partial charge in [-0.05, 0) is 50.1 Å². The van der Waals surface area contributed by atoms with E-state index in [1.54, 1.807) is 44.4 Å². The first-order valence-electron chi connectivity index (χ1n) is 8.26. The van der Waals surface area contributed by atoms with Crippen molar-refractivity contribution in [3.63, 3.8) is 0 Å². The average Bonchev–Trinajstić information content (AvgIpc) is 2.96. The van der Waals surface area contributed by atoms with Crippen molar-refractivity contribution in [3.05, 3.63) is 51.8 Å². The Hall–Kier alpha value is -2.05. The highest BCUT2D eigenvalue weighted by atomic mass is 35.5. The van der Waals surface area contributed by atoms with Crippen LogP contribution in [0.2, 0.25) is 10.0 Å². The summed E-state index contributed by atoms with van der Waals surface area (Å²) in [7, 11) is 0. The molecule has 1 heterocycles. The molecule has 1 amide bonds. The molecule has 0 radical (unpaired) electrons. The Kier molecular flexibility index (Phi) is 7.06. The summed E-state index contributed by atoms with van der Waals surface area (Å²) < 4.78 is 6.72. The van der Waals surface area contributed by atoms with Crippen LogP contribution in [-0.4, -0.2) is 39.7 Å². The number of hydrogen-bond donors (Lipinski definition) is 0. The van der Waals surface area contributed by atoms with E-state index in [4.69, 9.17) is 27.9 Å². The number of benzene rings is 1. The molecule has 0 aliphatic heterocycles. The number of ether oxygens (including phenoxy) is 1. The maximum absolute atomic E-state index is 12.8. The van der Waals surface area contributed by atoms with Crippen LogP contribution < -0.4 is 0 Å². The number of halogens is 2. The van der Waals surface area contributed by atoms with Gasteiger partial charge in [-0.3, -0.25) is 9.48 Å². The Labute approximate surface area is 162 Å². The van der Waals surface area contributed by atoms with Gasteiger partial charge in [0, 0.05) is 22.8 Å². The maximum Gasteiger partial charge on any atom is 0.333 e. The van der Waals surface area contributed by atoms with Gasteiger partial charge in [0.2, 0.25) is 5.91 Å². The summed E-state index contributed by atoms with van der Waals surface area (Å²) in [6.45, 7) is 5.93. The first-order valence-corrected chi connectivity index (χ1v) is 9.02. The van der Waals surface area contributed by atoms with Crippen molar-refractivity contribution in [2.75, 3.05) is 13.2 Å². The van der Waals surface area contributed by atoms with Crippen LogP contribution >= 0.6 is 23.2 Å². The van der Waals surface area contributed by atoms with Gasteiger partial charge in [-0.25, -0.2) is 4.79 Å². The molecule has 2 rings (SSSR count). The molecule has 1 atom stereocenters. The molecule has 8 heteroatoms. The van der Waals surface area contributed by atoms with Gasteiger partial charge in [0.1, 0.15) is 6.54 Å². The van der Waals surface area contributed by atoms with E-state index in [2.05, 4.69) is 5.10 Å². The van der Waals surface area contributed by atoms with Gasteiger partial charge in [0.25, 0.3) is 0 Å². The fraction of sp³-hybridized carbons (Fsp3) is 0.389. The fourth-order valence-corrected chi connectivity index (χ4v) is 3.23. The molecule has 1 aromatic heterocycles. The van der Waals surface area contributed by atoms with Crippen molar-refractivity contribution in [1.29, 1.82) is 0 Å². The van der Waals surface area contributed by atoms with Crippen LogP contribution in [0.5, 0.6) is 0 Å². The fourth-order valence-electron chi connectivity index (χ4n) is 2.68. The molecule has 6 nitrogen and oxygen atoms in total. The Bertz CT molecular complexity index is 771. The lowest BCUT2D eigenvalue weighted by Gasteiger charge is -2.29. The SMILES string of the molecule is CCOC(=O)C(c1cc(Cl)cc(Cl)c1)N(CC)C(=O)Cn1cc(C)cn1. The number of esters is 1. The monoisotopic (exact) mass is 397 g/mol. The van der Waals surface area contributed by atoms with Crippen LogP contribution in [0.1, 0.15) is 31.0 Å². The van der Waals surface area contributed by atoms with Gasteiger partial charge < -0.3 is 9.64 Å². The number of nitrogens with zero attached hydrogens (tertiary/aromatic N) is 3. The van der Waals surface area contributed by atoms with E-state index in [-0.39, 0.29) is 19.1 Å².